The minimum absolute atomic E-state index is 0. The molecule has 0 aliphatic rings. The largest absolute Gasteiger partial charge is 0.519 e. The number of tetrazole rings is 1. The van der Waals surface area contributed by atoms with E-state index in [4.69, 9.17) is 38.1 Å². The molecule has 0 saturated heterocycles. The Bertz CT molecular complexity index is 2200. The van der Waals surface area contributed by atoms with Gasteiger partial charge in [0.25, 0.3) is 0 Å². The van der Waals surface area contributed by atoms with Crippen LogP contribution < -0.4 is 5.82 Å². The summed E-state index contributed by atoms with van der Waals surface area (Å²) >= 11 is 0. The molecule has 3 aromatic heterocycles. The summed E-state index contributed by atoms with van der Waals surface area (Å²) in [5.41, 5.74) is 5.81. The Morgan fingerprint density at radius 2 is 1.78 bits per heavy atom. The van der Waals surface area contributed by atoms with Crippen molar-refractivity contribution in [2.45, 2.75) is 106 Å². The van der Waals surface area contributed by atoms with Crippen molar-refractivity contribution >= 4 is 5.97 Å². The standard InChI is InChI=1S/C38H48N6O6.154H2/c1-11-28-29(50-37(46)49-28)20-48-36(45)33-34(38(12-2,13-3)47-10)39-30(17-21(4)5)44(33)25(9)31-23(7)18-26(19-24(31)8)32-22(6)15-14-16-27(32)35-40-42-43-41-35;;;;;;;;;;;;;;;;;;;;;;;;;;;;;;;;;;;;;;;;;;;;;;;;;;;;;;;;;;;;;;;;;;;;;;;;;;;;;;;;;;;;;;;;;;;;;;;;;;;;;;;;;;;;;;;;;;;;;;;;;;;;;;;;;;;;;;;;;;;;;;;;;;;;;;;;;;/h14-16,18-19,21,25H,11-13,17,20H2,1-10H3,(H,40,41,42,43);154*1H/i25D;5*1+1D;;;;;;;;;;;;;;;;;;;;;;;;;;;;;;;;;;;;;;;;;;;;;;;;;;;;;;;;;;;;;;;;;;;;;;;;;;;;;;;;;;;;;;;;;;;;;;;;;;;;;;;;;;;;;;;;;;;;;;;;;;;;;;;;;;;;;;;;;;;;;;;;;;;;;. The van der Waals surface area contributed by atoms with E-state index in [0.29, 0.717) is 54.3 Å². The molecule has 0 aliphatic carbocycles. The van der Waals surface area contributed by atoms with Crippen LogP contribution in [0.5, 0.6) is 0 Å². The summed E-state index contributed by atoms with van der Waals surface area (Å²) in [5, 5.41) is 14.8. The molecule has 2 aromatic carbocycles. The molecule has 1 unspecified atom stereocenters. The molecule has 1 N–H and O–H groups in total. The fraction of sp³-hybridized carbons (Fsp3) is 0.474. The second-order valence-corrected chi connectivity index (χ2v) is 13.1. The number of hydrogen-bond acceptors (Lipinski definition) is 10. The van der Waals surface area contributed by atoms with E-state index < -0.39 is 23.4 Å². The van der Waals surface area contributed by atoms with Crippen LogP contribution in [-0.2, 0) is 34.5 Å². The van der Waals surface area contributed by atoms with E-state index in [2.05, 4.69) is 46.6 Å². The van der Waals surface area contributed by atoms with Crippen molar-refractivity contribution in [1.29, 1.82) is 0 Å². The molecule has 3 heterocycles. The highest BCUT2D eigenvalue weighted by Gasteiger charge is 2.40. The van der Waals surface area contributed by atoms with E-state index in [1.54, 1.807) is 18.6 Å². The summed E-state index contributed by atoms with van der Waals surface area (Å²) in [6.45, 7) is 17.4. The van der Waals surface area contributed by atoms with Crippen molar-refractivity contribution in [3.05, 3.63) is 91.9 Å². The van der Waals surface area contributed by atoms with Gasteiger partial charge in [0.1, 0.15) is 17.1 Å². The summed E-state index contributed by atoms with van der Waals surface area (Å²) in [4.78, 5) is 31.4. The Morgan fingerprint density at radius 3 is 2.36 bits per heavy atom. The molecule has 5 aromatic rings. The Balaban J connectivity index is -0.00000000150. The molecule has 0 fully saturated rings. The molecule has 0 saturated carbocycles. The number of methoxy groups -OCH3 is 1. The third kappa shape index (κ3) is 6.81. The SMILES string of the molecule is [2H]C(C)(c1c(C)cc(-c2c(C)cccc2-c2nn[nH]n2)cc1C)n1c(CC(C)C)nc(C(CC)(CC)OC)c1C(=O)OCc1oc(=O)oc1CC.[2H][2H].[2H][2H].[2H][2H].[2H][2H].[2H][2H].[HH].[HH].[HH].[HH].[HH].[HH].[HH].[HH].[HH].[HH].[HH].[HH].[HH].[HH].[HH].[HH].[HH].[HH].[HH].[HH].[HH].[HH].[HH].[HH].[HH].[HH].[HH].[HH].[HH].[HH].[HH].[HH].[HH].[HH].[HH].[HH].[HH].[HH].[HH].[HH].[HH].[HH].[HH].[HH].[HH].[HH].[HH].[HH].[HH].[HH].[HH].[HH].[HH].[HH].[HH].[HH].[HH].[HH].[HH].[HH].[HH].[HH].[HH].[HH].[HH].[HH].[HH].[HH].[HH].[HH].[HH].[HH].[HH].[HH].[HH].[HH].[HH].[HH].[HH].[HH].[HH].[HH].[HH].[HH].[HH].[HH].[HH].[HH].[HH].[HH].[HH].[HH].[HH].[HH].[HH].[HH].[HH].[HH].[HH].[HH].[HH].[HH].[HH].[HH].[HH].[HH].[HH].[HH].[HH].[HH].[HH].[HH].[HH].[HH].[HH].[HH].[HH].[HH].[HH].[HH].[HH].[HH].[HH].[HH].[HH].[HH].[HH].[HH].[HH].[HH].[HH].[HH].[HH].[HH].[HH].[HH].[HH].[HH].[HH].[HH].[HH].[HH].[HH].[HH].[HH].[HH].[HH].[HH].[HH]. The first-order chi connectivity index (χ1) is 29.2. The lowest BCUT2D eigenvalue weighted by atomic mass is 9.88. The maximum absolute atomic E-state index is 14.4. The minimum Gasteiger partial charge on any atom is -0.453 e. The fourth-order valence-electron chi connectivity index (χ4n) is 7.02. The van der Waals surface area contributed by atoms with Gasteiger partial charge in [-0.1, -0.05) is 65.0 Å². The highest BCUT2D eigenvalue weighted by Crippen LogP contribution is 2.40. The van der Waals surface area contributed by atoms with Crippen molar-refractivity contribution in [2.24, 2.45) is 5.92 Å². The molecule has 12 heteroatoms. The number of esters is 1. The predicted octanol–water partition coefficient (Wildman–Crippen LogP) is 45.5. The number of nitrogens with one attached hydrogen (secondary N) is 1. The van der Waals surface area contributed by atoms with Crippen molar-refractivity contribution in [3.63, 3.8) is 0 Å². The Labute approximate surface area is 530 Å². The van der Waals surface area contributed by atoms with Gasteiger partial charge in [0.2, 0.25) is 5.82 Å². The average molecular weight is 1010 g/mol. The Kier molecular flexibility index (Phi) is 8.66. The van der Waals surface area contributed by atoms with Crippen LogP contribution in [0.3, 0.4) is 0 Å². The number of aryl methyl sites for hydroxylation is 4. The zero-order valence-corrected chi connectivity index (χ0v) is 30.7. The van der Waals surface area contributed by atoms with Gasteiger partial charge in [-0.05, 0) is 85.0 Å². The number of rotatable bonds is 14. The number of nitrogens with zero attached hydrogens (tertiary/aromatic N) is 5. The number of aromatic amines is 1. The number of aromatic nitrogens is 6. The van der Waals surface area contributed by atoms with Crippen molar-refractivity contribution in [2.75, 3.05) is 7.11 Å². The molecule has 574 valence electrons. The lowest BCUT2D eigenvalue weighted by molar-refractivity contribution is -0.0265. The predicted molar refractivity (Wildman–Crippen MR) is 514 cm³/mol. The molecule has 5 rings (SSSR count). The first-order valence-electron chi connectivity index (χ1n) is 22.6. The van der Waals surface area contributed by atoms with Crippen molar-refractivity contribution in [3.8, 4) is 22.5 Å². The van der Waals surface area contributed by atoms with Gasteiger partial charge in [-0.3, -0.25) is 0 Å². The smallest absolute Gasteiger partial charge is 0.453 e. The highest BCUT2D eigenvalue weighted by molar-refractivity contribution is 5.90. The summed E-state index contributed by atoms with van der Waals surface area (Å²) in [6.07, 6.45) is 1.93. The molecule has 0 spiro atoms. The van der Waals surface area contributed by atoms with Gasteiger partial charge < -0.3 is 22.9 Å². The maximum Gasteiger partial charge on any atom is 0.519 e. The first-order valence-corrected chi connectivity index (χ1v) is 17.1. The van der Waals surface area contributed by atoms with Gasteiger partial charge >= 0.3 is 11.8 Å². The average Bonchev–Trinajstić information content (AvgIpc) is 1.57. The van der Waals surface area contributed by atoms with E-state index in [0.717, 1.165) is 33.4 Å². The number of hydrogen-bond donors (Lipinski definition) is 1. The second-order valence-electron chi connectivity index (χ2n) is 13.1. The molecule has 0 aliphatic heterocycles. The van der Waals surface area contributed by atoms with Crippen molar-refractivity contribution < 1.29 is 252 Å². The van der Waals surface area contributed by atoms with Gasteiger partial charge in [-0.15, -0.1) is 10.2 Å². The van der Waals surface area contributed by atoms with Crippen LogP contribution in [0.1, 0.15) is 345 Å². The number of carbonyl (C=O) groups is 1. The van der Waals surface area contributed by atoms with Crippen LogP contribution in [-0.4, -0.2) is 43.3 Å². The van der Waals surface area contributed by atoms with Gasteiger partial charge in [-0.25, -0.2) is 14.6 Å². The summed E-state index contributed by atoms with van der Waals surface area (Å²) in [5.74, 6) is 0.0853. The summed E-state index contributed by atoms with van der Waals surface area (Å²) < 4.78 is 84.3. The third-order valence-corrected chi connectivity index (χ3v) is 9.45. The Hall–Kier alpha value is -4.84. The van der Waals surface area contributed by atoms with Crippen LogP contribution >= 0.6 is 0 Å². The van der Waals surface area contributed by atoms with Gasteiger partial charge in [0, 0.05) is 253 Å². The third-order valence-electron chi connectivity index (χ3n) is 9.45. The van der Waals surface area contributed by atoms with Crippen LogP contribution in [0.25, 0.3) is 22.5 Å². The molecule has 1 atom stereocenters. The van der Waals surface area contributed by atoms with Crippen molar-refractivity contribution in [1.82, 2.24) is 30.2 Å². The molecule has 50 heavy (non-hydrogen) atoms. The van der Waals surface area contributed by atoms with Gasteiger partial charge in [0.15, 0.2) is 23.8 Å². The molecular formula is C38H356N6O6. The van der Waals surface area contributed by atoms with E-state index >= 15 is 0 Å². The number of H-pyrrole nitrogens is 1. The first kappa shape index (κ1) is 28.9. The molecule has 0 amide bonds. The topological polar surface area (TPSA) is 151 Å². The van der Waals surface area contributed by atoms with Gasteiger partial charge in [-0.2, -0.15) is 5.21 Å². The van der Waals surface area contributed by atoms with Crippen LogP contribution in [0, 0.1) is 26.7 Å². The zero-order chi connectivity index (χ0) is 47.2. The monoisotopic (exact) mass is 1010 g/mol. The zero-order valence-electron chi connectivity index (χ0n) is 41.7. The lowest BCUT2D eigenvalue weighted by Crippen LogP contribution is -2.31. The maximum atomic E-state index is 14.4. The molecule has 0 radical (unpaired) electrons. The number of benzene rings is 2. The number of ether oxygens (including phenoxy) is 2. The normalized spacial score (nSPS) is 14.3. The van der Waals surface area contributed by atoms with E-state index in [9.17, 15) is 11.0 Å². The summed E-state index contributed by atoms with van der Waals surface area (Å²) in [6, 6.07) is 8.55. The van der Waals surface area contributed by atoms with Gasteiger partial charge in [0.05, 0.1) is 7.39 Å². The second kappa shape index (κ2) is 15.0. The quantitative estimate of drug-likeness (QED) is 0.106. The number of carbonyl (C=O) groups excluding carboxylic acids is 1. The minimum atomic E-state index is -1.53. The van der Waals surface area contributed by atoms with E-state index in [-0.39, 0.29) is 237 Å². The lowest BCUT2D eigenvalue weighted by Gasteiger charge is -2.30. The molecule has 0 bridgehead atoms. The summed E-state index contributed by atoms with van der Waals surface area (Å²) in [7, 11) is 1.61. The fourth-order valence-corrected chi connectivity index (χ4v) is 7.02. The van der Waals surface area contributed by atoms with Crippen LogP contribution in [0.15, 0.2) is 44.0 Å². The van der Waals surface area contributed by atoms with Crippen LogP contribution in [0.4, 0.5) is 0 Å². The number of imidazole rings is 1. The van der Waals surface area contributed by atoms with Crippen LogP contribution in [0.2, 0.25) is 0 Å². The molecular weight excluding hydrogens is 636 g/mol. The van der Waals surface area contributed by atoms with E-state index in [1.165, 1.54) is 0 Å². The Morgan fingerprint density at radius 1 is 1.10 bits per heavy atom. The molecule has 12 nitrogen and oxygen atoms in total. The highest BCUT2D eigenvalue weighted by atomic mass is 16.6. The van der Waals surface area contributed by atoms with E-state index in [1.807, 2.05) is 59.7 Å².